The van der Waals surface area contributed by atoms with Crippen molar-refractivity contribution in [2.45, 2.75) is 0 Å². The van der Waals surface area contributed by atoms with Crippen molar-refractivity contribution in [3.8, 4) is 23.2 Å². The van der Waals surface area contributed by atoms with Gasteiger partial charge in [0.05, 0.1) is 29.5 Å². The van der Waals surface area contributed by atoms with Crippen molar-refractivity contribution >= 4 is 17.1 Å². The van der Waals surface area contributed by atoms with Crippen molar-refractivity contribution in [2.75, 3.05) is 0 Å². The lowest BCUT2D eigenvalue weighted by Gasteiger charge is -2.07. The number of aromatic nitrogens is 5. The smallest absolute Gasteiger partial charge is 0.456 e. The maximum absolute atomic E-state index is 12.4. The number of nitrogens with one attached hydrogen (secondary N) is 1. The zero-order valence-electron chi connectivity index (χ0n) is 13.6. The minimum absolute atomic E-state index is 0.00506. The Balaban J connectivity index is 1.68. The van der Waals surface area contributed by atoms with E-state index in [1.54, 1.807) is 42.7 Å². The number of carbonyl (C=O) groups is 1. The number of H-pyrrole nitrogens is 1. The highest BCUT2D eigenvalue weighted by Crippen LogP contribution is 2.23. The molecule has 0 spiro atoms. The first-order chi connectivity index (χ1) is 13.1. The van der Waals surface area contributed by atoms with Crippen molar-refractivity contribution in [1.29, 1.82) is 0 Å². The predicted molar refractivity (Wildman–Crippen MR) is 92.4 cm³/mol. The zero-order chi connectivity index (χ0) is 18.8. The molecule has 27 heavy (non-hydrogen) atoms. The number of nitrogens with zero attached hydrogens (tertiary/aromatic N) is 4. The summed E-state index contributed by atoms with van der Waals surface area (Å²) in [6, 6.07) is 8.37. The van der Waals surface area contributed by atoms with Crippen LogP contribution in [0.3, 0.4) is 0 Å². The van der Waals surface area contributed by atoms with Gasteiger partial charge in [0, 0.05) is 6.20 Å². The largest absolute Gasteiger partial charge is 0.511 e. The molecule has 0 bridgehead atoms. The molecular weight excluding hydrogens is 354 g/mol. The average molecular weight is 365 g/mol. The Labute approximate surface area is 150 Å². The Morgan fingerprint density at radius 3 is 2.81 bits per heavy atom. The van der Waals surface area contributed by atoms with Gasteiger partial charge in [-0.05, 0) is 30.3 Å². The standard InChI is InChI=1S/C17H11N5O5/c23-15-13-6-10(26-11-2-1-5-18-7-11)3-4-14(13)20-16(21-15)22-9-12(8-19-22)27-17(24)25/h1-9H,(H,24,25)(H,20,21,23). The van der Waals surface area contributed by atoms with Crippen molar-refractivity contribution < 1.29 is 19.4 Å². The molecule has 4 aromatic rings. The maximum atomic E-state index is 12.4. The fraction of sp³-hybridized carbons (Fsp3) is 0. The van der Waals surface area contributed by atoms with Crippen LogP contribution in [0.1, 0.15) is 0 Å². The molecule has 4 rings (SSSR count). The van der Waals surface area contributed by atoms with Crippen LogP contribution in [0.2, 0.25) is 0 Å². The Bertz CT molecular complexity index is 1190. The van der Waals surface area contributed by atoms with Crippen LogP contribution < -0.4 is 15.0 Å². The minimum atomic E-state index is -1.46. The summed E-state index contributed by atoms with van der Waals surface area (Å²) >= 11 is 0. The number of carboxylic acid groups (broad SMARTS) is 1. The highest BCUT2D eigenvalue weighted by atomic mass is 16.7. The van der Waals surface area contributed by atoms with E-state index in [1.807, 2.05) is 0 Å². The molecule has 0 radical (unpaired) electrons. The molecule has 0 fully saturated rings. The summed E-state index contributed by atoms with van der Waals surface area (Å²) in [5.41, 5.74) is 0.0197. The average Bonchev–Trinajstić information content (AvgIpc) is 3.11. The van der Waals surface area contributed by atoms with E-state index >= 15 is 0 Å². The molecule has 0 aliphatic heterocycles. The van der Waals surface area contributed by atoms with E-state index in [2.05, 4.69) is 24.8 Å². The molecule has 0 aliphatic carbocycles. The minimum Gasteiger partial charge on any atom is -0.456 e. The van der Waals surface area contributed by atoms with Crippen LogP contribution >= 0.6 is 0 Å². The SMILES string of the molecule is O=C(O)Oc1cnn(-c2nc3ccc(Oc4cccnc4)cc3c(=O)[nH]2)c1. The monoisotopic (exact) mass is 365 g/mol. The Kier molecular flexibility index (Phi) is 3.97. The molecule has 10 heteroatoms. The van der Waals surface area contributed by atoms with Crippen LogP contribution in [0.4, 0.5) is 4.79 Å². The Morgan fingerprint density at radius 1 is 1.15 bits per heavy atom. The number of benzene rings is 1. The number of fused-ring (bicyclic) bond motifs is 1. The summed E-state index contributed by atoms with van der Waals surface area (Å²) in [7, 11) is 0. The molecule has 3 heterocycles. The van der Waals surface area contributed by atoms with Gasteiger partial charge in [0.2, 0.25) is 5.95 Å². The highest BCUT2D eigenvalue weighted by molar-refractivity contribution is 5.79. The molecule has 0 aliphatic rings. The summed E-state index contributed by atoms with van der Waals surface area (Å²) in [4.78, 5) is 33.9. The second-order valence-electron chi connectivity index (χ2n) is 5.35. The van der Waals surface area contributed by atoms with Gasteiger partial charge in [-0.1, -0.05) is 0 Å². The van der Waals surface area contributed by atoms with Gasteiger partial charge in [0.1, 0.15) is 11.5 Å². The number of ether oxygens (including phenoxy) is 2. The number of aromatic amines is 1. The van der Waals surface area contributed by atoms with E-state index in [0.29, 0.717) is 22.4 Å². The molecule has 0 saturated heterocycles. The van der Waals surface area contributed by atoms with Gasteiger partial charge < -0.3 is 14.6 Å². The van der Waals surface area contributed by atoms with Gasteiger partial charge in [-0.3, -0.25) is 14.8 Å². The van der Waals surface area contributed by atoms with Crippen LogP contribution in [-0.4, -0.2) is 36.0 Å². The summed E-state index contributed by atoms with van der Waals surface area (Å²) in [5, 5.41) is 12.9. The Hall–Kier alpha value is -4.21. The topological polar surface area (TPSA) is 132 Å². The predicted octanol–water partition coefficient (Wildman–Crippen LogP) is 2.35. The lowest BCUT2D eigenvalue weighted by atomic mass is 10.2. The third-order valence-corrected chi connectivity index (χ3v) is 3.52. The molecule has 0 amide bonds. The summed E-state index contributed by atoms with van der Waals surface area (Å²) in [6.45, 7) is 0. The maximum Gasteiger partial charge on any atom is 0.511 e. The van der Waals surface area contributed by atoms with E-state index in [-0.39, 0.29) is 11.7 Å². The van der Waals surface area contributed by atoms with Crippen LogP contribution in [0.15, 0.2) is 59.9 Å². The van der Waals surface area contributed by atoms with E-state index in [0.717, 1.165) is 0 Å². The number of hydrogen-bond acceptors (Lipinski definition) is 7. The van der Waals surface area contributed by atoms with E-state index in [1.165, 1.54) is 17.1 Å². The number of hydrogen-bond donors (Lipinski definition) is 2. The van der Waals surface area contributed by atoms with Crippen LogP contribution in [-0.2, 0) is 0 Å². The fourth-order valence-electron chi connectivity index (χ4n) is 2.40. The van der Waals surface area contributed by atoms with E-state index in [9.17, 15) is 9.59 Å². The normalized spacial score (nSPS) is 10.7. The second kappa shape index (κ2) is 6.59. The first-order valence-corrected chi connectivity index (χ1v) is 7.66. The van der Waals surface area contributed by atoms with Crippen LogP contribution in [0, 0.1) is 0 Å². The lowest BCUT2D eigenvalue weighted by molar-refractivity contribution is 0.144. The first-order valence-electron chi connectivity index (χ1n) is 7.66. The quantitative estimate of drug-likeness (QED) is 0.527. The van der Waals surface area contributed by atoms with E-state index < -0.39 is 11.7 Å². The molecule has 0 saturated carbocycles. The molecule has 2 N–H and O–H groups in total. The number of pyridine rings is 1. The molecule has 10 nitrogen and oxygen atoms in total. The number of rotatable bonds is 4. The van der Waals surface area contributed by atoms with E-state index in [4.69, 9.17) is 9.84 Å². The molecule has 1 aromatic carbocycles. The highest BCUT2D eigenvalue weighted by Gasteiger charge is 2.10. The van der Waals surface area contributed by atoms with Crippen molar-refractivity contribution in [3.63, 3.8) is 0 Å². The lowest BCUT2D eigenvalue weighted by Crippen LogP contribution is -2.13. The zero-order valence-corrected chi connectivity index (χ0v) is 13.6. The third-order valence-electron chi connectivity index (χ3n) is 3.52. The Morgan fingerprint density at radius 2 is 2.04 bits per heavy atom. The van der Waals surface area contributed by atoms with Crippen LogP contribution in [0.25, 0.3) is 16.9 Å². The van der Waals surface area contributed by atoms with Gasteiger partial charge in [-0.2, -0.15) is 5.10 Å². The summed E-state index contributed by atoms with van der Waals surface area (Å²) in [6.07, 6.45) is 4.22. The second-order valence-corrected chi connectivity index (χ2v) is 5.35. The van der Waals surface area contributed by atoms with Crippen molar-refractivity contribution in [1.82, 2.24) is 24.7 Å². The summed E-state index contributed by atoms with van der Waals surface area (Å²) in [5.74, 6) is 1.13. The van der Waals surface area contributed by atoms with Gasteiger partial charge >= 0.3 is 6.16 Å². The van der Waals surface area contributed by atoms with Crippen molar-refractivity contribution in [3.05, 3.63) is 65.5 Å². The van der Waals surface area contributed by atoms with Crippen molar-refractivity contribution in [2.24, 2.45) is 0 Å². The van der Waals surface area contributed by atoms with Gasteiger partial charge in [0.25, 0.3) is 5.56 Å². The summed E-state index contributed by atoms with van der Waals surface area (Å²) < 4.78 is 11.4. The molecule has 0 unspecified atom stereocenters. The molecule has 3 aromatic heterocycles. The van der Waals surface area contributed by atoms with Gasteiger partial charge in [-0.25, -0.2) is 14.5 Å². The first kappa shape index (κ1) is 16.3. The third kappa shape index (κ3) is 3.44. The molecule has 0 atom stereocenters. The van der Waals surface area contributed by atoms with Crippen LogP contribution in [0.5, 0.6) is 17.2 Å². The fourth-order valence-corrected chi connectivity index (χ4v) is 2.40. The van der Waals surface area contributed by atoms with Gasteiger partial charge in [-0.15, -0.1) is 0 Å². The van der Waals surface area contributed by atoms with Gasteiger partial charge in [0.15, 0.2) is 5.75 Å². The molecule has 134 valence electrons. The molecular formula is C17H11N5O5.